The number of benzene rings is 1. The average Bonchev–Trinajstić information content (AvgIpc) is 2.73. The molecule has 0 bridgehead atoms. The lowest BCUT2D eigenvalue weighted by Crippen LogP contribution is -2.13. The number of H-pyrrole nitrogens is 1. The Morgan fingerprint density at radius 1 is 1.50 bits per heavy atom. The zero-order valence-electron chi connectivity index (χ0n) is 9.42. The number of nitrogens with two attached hydrogens (primary N) is 1. The molecule has 2 aromatic rings. The number of hydrogen-bond donors (Lipinski definition) is 3. The first-order valence-electron chi connectivity index (χ1n) is 5.05. The molecule has 0 radical (unpaired) electrons. The number of carbonyl (C=O) groups excluding carboxylic acids is 1. The third kappa shape index (κ3) is 2.51. The molecular weight excluding hydrogens is 303 g/mol. The van der Waals surface area contributed by atoms with Crippen LogP contribution in [-0.2, 0) is 0 Å². The Bertz CT molecular complexity index is 611. The van der Waals surface area contributed by atoms with Crippen molar-refractivity contribution in [2.45, 2.75) is 6.92 Å². The summed E-state index contributed by atoms with van der Waals surface area (Å²) in [5.74, 6) is -0.533. The first-order chi connectivity index (χ1) is 8.47. The lowest BCUT2D eigenvalue weighted by molar-refractivity contribution is 0.102. The molecule has 0 saturated heterocycles. The van der Waals surface area contributed by atoms with E-state index >= 15 is 0 Å². The van der Waals surface area contributed by atoms with Gasteiger partial charge in [0.25, 0.3) is 5.91 Å². The van der Waals surface area contributed by atoms with Crippen LogP contribution in [0.3, 0.4) is 0 Å². The second-order valence-electron chi connectivity index (χ2n) is 3.74. The van der Waals surface area contributed by atoms with Crippen molar-refractivity contribution in [2.75, 3.05) is 11.1 Å². The highest BCUT2D eigenvalue weighted by molar-refractivity contribution is 9.10. The minimum atomic E-state index is -0.388. The van der Waals surface area contributed by atoms with E-state index < -0.39 is 0 Å². The van der Waals surface area contributed by atoms with Gasteiger partial charge in [-0.3, -0.25) is 9.89 Å². The number of nitrogen functional groups attached to an aromatic ring is 1. The Labute approximate surface area is 111 Å². The predicted molar refractivity (Wildman–Crippen MR) is 69.8 cm³/mol. The van der Waals surface area contributed by atoms with Crippen LogP contribution >= 0.6 is 15.9 Å². The maximum atomic E-state index is 13.2. The van der Waals surface area contributed by atoms with Gasteiger partial charge in [0.05, 0.1) is 4.47 Å². The molecule has 0 aliphatic carbocycles. The van der Waals surface area contributed by atoms with E-state index in [2.05, 4.69) is 31.4 Å². The molecule has 1 aromatic carbocycles. The number of rotatable bonds is 2. The molecular formula is C11H10BrFN4O. The van der Waals surface area contributed by atoms with Gasteiger partial charge in [-0.1, -0.05) is 0 Å². The molecule has 7 heteroatoms. The first kappa shape index (κ1) is 12.6. The summed E-state index contributed by atoms with van der Waals surface area (Å²) in [5, 5.41) is 8.80. The van der Waals surface area contributed by atoms with Crippen molar-refractivity contribution in [3.05, 3.63) is 39.7 Å². The molecule has 4 N–H and O–H groups in total. The van der Waals surface area contributed by atoms with E-state index in [1.54, 1.807) is 6.92 Å². The quantitative estimate of drug-likeness (QED) is 0.796. The number of amides is 1. The van der Waals surface area contributed by atoms with Gasteiger partial charge in [0, 0.05) is 11.8 Å². The van der Waals surface area contributed by atoms with Crippen LogP contribution < -0.4 is 11.1 Å². The molecule has 94 valence electrons. The number of nitrogens with one attached hydrogen (secondary N) is 2. The zero-order chi connectivity index (χ0) is 13.3. The van der Waals surface area contributed by atoms with Gasteiger partial charge in [-0.25, -0.2) is 4.39 Å². The van der Waals surface area contributed by atoms with Crippen molar-refractivity contribution < 1.29 is 9.18 Å². The molecule has 0 aliphatic rings. The highest BCUT2D eigenvalue weighted by Crippen LogP contribution is 2.24. The fourth-order valence-electron chi connectivity index (χ4n) is 1.42. The van der Waals surface area contributed by atoms with E-state index in [9.17, 15) is 9.18 Å². The summed E-state index contributed by atoms with van der Waals surface area (Å²) in [6, 6.07) is 4.26. The van der Waals surface area contributed by atoms with E-state index in [1.165, 1.54) is 18.2 Å². The second-order valence-corrected chi connectivity index (χ2v) is 4.60. The standard InChI is InChI=1S/C11H10BrFN4O/c1-5-2-7(13)6(12)3-8(5)15-11(18)9-4-10(14)17-16-9/h2-4H,1H3,(H,15,18)(H3,14,16,17). The van der Waals surface area contributed by atoms with E-state index in [0.717, 1.165) is 0 Å². The Balaban J connectivity index is 2.24. The summed E-state index contributed by atoms with van der Waals surface area (Å²) >= 11 is 3.06. The summed E-state index contributed by atoms with van der Waals surface area (Å²) in [4.78, 5) is 11.8. The number of nitrogens with zero attached hydrogens (tertiary/aromatic N) is 1. The van der Waals surface area contributed by atoms with Crippen molar-refractivity contribution >= 4 is 33.3 Å². The monoisotopic (exact) mass is 312 g/mol. The highest BCUT2D eigenvalue weighted by atomic mass is 79.9. The van der Waals surface area contributed by atoms with Gasteiger partial charge < -0.3 is 11.1 Å². The number of aromatic amines is 1. The topological polar surface area (TPSA) is 83.8 Å². The van der Waals surface area contributed by atoms with Crippen molar-refractivity contribution in [3.8, 4) is 0 Å². The number of aryl methyl sites for hydroxylation is 1. The van der Waals surface area contributed by atoms with Crippen LogP contribution in [0.15, 0.2) is 22.7 Å². The van der Waals surface area contributed by atoms with Crippen molar-refractivity contribution in [1.82, 2.24) is 10.2 Å². The summed E-state index contributed by atoms with van der Waals surface area (Å²) in [7, 11) is 0. The number of hydrogen-bond acceptors (Lipinski definition) is 3. The summed E-state index contributed by atoms with van der Waals surface area (Å²) in [6.07, 6.45) is 0. The van der Waals surface area contributed by atoms with Crippen molar-refractivity contribution in [3.63, 3.8) is 0 Å². The van der Waals surface area contributed by atoms with E-state index in [1.807, 2.05) is 0 Å². The summed E-state index contributed by atoms with van der Waals surface area (Å²) < 4.78 is 13.5. The van der Waals surface area contributed by atoms with Crippen LogP contribution in [0.25, 0.3) is 0 Å². The minimum Gasteiger partial charge on any atom is -0.382 e. The van der Waals surface area contributed by atoms with Gasteiger partial charge in [0.15, 0.2) is 0 Å². The Morgan fingerprint density at radius 2 is 2.22 bits per heavy atom. The Kier molecular flexibility index (Phi) is 3.33. The largest absolute Gasteiger partial charge is 0.382 e. The zero-order valence-corrected chi connectivity index (χ0v) is 11.0. The second kappa shape index (κ2) is 4.77. The molecule has 0 spiro atoms. The van der Waals surface area contributed by atoms with Crippen LogP contribution in [0.5, 0.6) is 0 Å². The molecule has 0 atom stereocenters. The predicted octanol–water partition coefficient (Wildman–Crippen LogP) is 2.45. The van der Waals surface area contributed by atoms with Crippen molar-refractivity contribution in [1.29, 1.82) is 0 Å². The molecule has 1 heterocycles. The number of halogens is 2. The smallest absolute Gasteiger partial charge is 0.273 e. The van der Waals surface area contributed by atoms with E-state index in [0.29, 0.717) is 11.3 Å². The molecule has 0 saturated carbocycles. The van der Waals surface area contributed by atoms with Gasteiger partial charge in [-0.15, -0.1) is 0 Å². The van der Waals surface area contributed by atoms with Gasteiger partial charge in [0.2, 0.25) is 0 Å². The Morgan fingerprint density at radius 3 is 2.83 bits per heavy atom. The number of anilines is 2. The molecule has 0 fully saturated rings. The molecule has 5 nitrogen and oxygen atoms in total. The van der Waals surface area contributed by atoms with Crippen LogP contribution in [0, 0.1) is 12.7 Å². The third-order valence-corrected chi connectivity index (χ3v) is 2.97. The normalized spacial score (nSPS) is 10.4. The number of aromatic nitrogens is 2. The lowest BCUT2D eigenvalue weighted by atomic mass is 10.2. The molecule has 1 amide bonds. The molecule has 0 unspecified atom stereocenters. The number of carbonyl (C=O) groups is 1. The summed E-state index contributed by atoms with van der Waals surface area (Å²) in [5.41, 5.74) is 6.78. The molecule has 18 heavy (non-hydrogen) atoms. The molecule has 0 aliphatic heterocycles. The fourth-order valence-corrected chi connectivity index (χ4v) is 1.77. The highest BCUT2D eigenvalue weighted by Gasteiger charge is 2.12. The molecule has 2 rings (SSSR count). The average molecular weight is 313 g/mol. The van der Waals surface area contributed by atoms with Gasteiger partial charge >= 0.3 is 0 Å². The van der Waals surface area contributed by atoms with Crippen LogP contribution in [-0.4, -0.2) is 16.1 Å². The van der Waals surface area contributed by atoms with Gasteiger partial charge in [-0.2, -0.15) is 5.10 Å². The van der Waals surface area contributed by atoms with E-state index in [4.69, 9.17) is 5.73 Å². The lowest BCUT2D eigenvalue weighted by Gasteiger charge is -2.08. The van der Waals surface area contributed by atoms with Gasteiger partial charge in [0.1, 0.15) is 17.3 Å². The van der Waals surface area contributed by atoms with Crippen LogP contribution in [0.4, 0.5) is 15.9 Å². The minimum absolute atomic E-state index is 0.233. The van der Waals surface area contributed by atoms with Gasteiger partial charge in [-0.05, 0) is 40.5 Å². The maximum absolute atomic E-state index is 13.2. The first-order valence-corrected chi connectivity index (χ1v) is 5.84. The van der Waals surface area contributed by atoms with Crippen LogP contribution in [0.1, 0.15) is 16.1 Å². The molecule has 1 aromatic heterocycles. The summed E-state index contributed by atoms with van der Waals surface area (Å²) in [6.45, 7) is 1.70. The third-order valence-electron chi connectivity index (χ3n) is 2.36. The fraction of sp³-hybridized carbons (Fsp3) is 0.0909. The van der Waals surface area contributed by atoms with E-state index in [-0.39, 0.29) is 27.7 Å². The Hall–Kier alpha value is -1.89. The maximum Gasteiger partial charge on any atom is 0.273 e. The van der Waals surface area contributed by atoms with Crippen LogP contribution in [0.2, 0.25) is 0 Å². The SMILES string of the molecule is Cc1cc(F)c(Br)cc1NC(=O)c1cc(N)n[nH]1. The van der Waals surface area contributed by atoms with Crippen molar-refractivity contribution in [2.24, 2.45) is 0 Å².